The number of rotatable bonds is 6. The highest BCUT2D eigenvalue weighted by molar-refractivity contribution is 6.31. The summed E-state index contributed by atoms with van der Waals surface area (Å²) < 4.78 is 5.74. The number of ether oxygens (including phenoxy) is 1. The van der Waals surface area contributed by atoms with E-state index in [2.05, 4.69) is 0 Å². The van der Waals surface area contributed by atoms with E-state index in [-0.39, 0.29) is 0 Å². The smallest absolute Gasteiger partial charge is 0.0731 e. The molecule has 2 rings (SSSR count). The Morgan fingerprint density at radius 3 is 2.69 bits per heavy atom. The molecular weight excluding hydrogens is 222 g/mol. The molecule has 0 radical (unpaired) electrons. The molecular formula is C13H18ClNO. The van der Waals surface area contributed by atoms with Crippen molar-refractivity contribution >= 4 is 11.6 Å². The minimum absolute atomic E-state index is 0.385. The first-order chi connectivity index (χ1) is 7.76. The molecule has 3 heteroatoms. The van der Waals surface area contributed by atoms with Crippen molar-refractivity contribution in [1.29, 1.82) is 0 Å². The summed E-state index contributed by atoms with van der Waals surface area (Å²) >= 11 is 6.05. The van der Waals surface area contributed by atoms with Gasteiger partial charge in [-0.3, -0.25) is 0 Å². The highest BCUT2D eigenvalue weighted by Gasteiger charge is 2.41. The summed E-state index contributed by atoms with van der Waals surface area (Å²) in [4.78, 5) is 0. The van der Waals surface area contributed by atoms with Crippen molar-refractivity contribution in [2.24, 2.45) is 11.1 Å². The van der Waals surface area contributed by atoms with E-state index < -0.39 is 0 Å². The van der Waals surface area contributed by atoms with Crippen LogP contribution in [-0.4, -0.2) is 13.2 Å². The van der Waals surface area contributed by atoms with Crippen LogP contribution in [0.15, 0.2) is 24.3 Å². The maximum atomic E-state index is 6.05. The van der Waals surface area contributed by atoms with Crippen LogP contribution in [0.2, 0.25) is 5.02 Å². The lowest BCUT2D eigenvalue weighted by Gasteiger charge is -2.14. The zero-order valence-electron chi connectivity index (χ0n) is 9.42. The molecule has 88 valence electrons. The third-order valence-corrected chi connectivity index (χ3v) is 3.62. The maximum Gasteiger partial charge on any atom is 0.0731 e. The highest BCUT2D eigenvalue weighted by Crippen LogP contribution is 2.48. The normalized spacial score (nSPS) is 17.4. The van der Waals surface area contributed by atoms with Crippen LogP contribution in [0.5, 0.6) is 0 Å². The summed E-state index contributed by atoms with van der Waals surface area (Å²) in [6.45, 7) is 2.18. The van der Waals surface area contributed by atoms with Crippen molar-refractivity contribution in [2.75, 3.05) is 13.2 Å². The lowest BCUT2D eigenvalue weighted by molar-refractivity contribution is 0.0757. The van der Waals surface area contributed by atoms with Crippen molar-refractivity contribution in [3.63, 3.8) is 0 Å². The van der Waals surface area contributed by atoms with E-state index >= 15 is 0 Å². The van der Waals surface area contributed by atoms with Crippen LogP contribution in [0.4, 0.5) is 0 Å². The molecule has 0 unspecified atom stereocenters. The predicted molar refractivity (Wildman–Crippen MR) is 66.4 cm³/mol. The minimum atomic E-state index is 0.385. The Bertz CT molecular complexity index is 350. The van der Waals surface area contributed by atoms with Gasteiger partial charge in [0.2, 0.25) is 0 Å². The molecule has 1 saturated carbocycles. The Labute approximate surface area is 102 Å². The van der Waals surface area contributed by atoms with Crippen molar-refractivity contribution in [1.82, 2.24) is 0 Å². The molecule has 2 N–H and O–H groups in total. The zero-order chi connectivity index (χ0) is 11.4. The van der Waals surface area contributed by atoms with Gasteiger partial charge in [-0.05, 0) is 42.9 Å². The third kappa shape index (κ3) is 2.97. The van der Waals surface area contributed by atoms with Gasteiger partial charge in [-0.25, -0.2) is 0 Å². The Kier molecular flexibility index (Phi) is 3.85. The van der Waals surface area contributed by atoms with Crippen LogP contribution in [0, 0.1) is 5.41 Å². The fourth-order valence-electron chi connectivity index (χ4n) is 1.94. The van der Waals surface area contributed by atoms with Crippen LogP contribution in [0.3, 0.4) is 0 Å². The van der Waals surface area contributed by atoms with E-state index in [1.54, 1.807) is 0 Å². The molecule has 0 amide bonds. The standard InChI is InChI=1S/C13H18ClNO/c14-12-4-2-1-3-11(12)9-16-10-13(5-6-13)7-8-15/h1-4H,5-10,15H2. The number of nitrogens with two attached hydrogens (primary N) is 1. The molecule has 16 heavy (non-hydrogen) atoms. The fourth-order valence-corrected chi connectivity index (χ4v) is 2.13. The van der Waals surface area contributed by atoms with E-state index in [0.29, 0.717) is 12.0 Å². The van der Waals surface area contributed by atoms with Crippen LogP contribution in [-0.2, 0) is 11.3 Å². The zero-order valence-corrected chi connectivity index (χ0v) is 10.2. The fraction of sp³-hybridized carbons (Fsp3) is 0.538. The van der Waals surface area contributed by atoms with Gasteiger partial charge in [0.05, 0.1) is 13.2 Å². The van der Waals surface area contributed by atoms with E-state index in [1.165, 1.54) is 12.8 Å². The molecule has 0 saturated heterocycles. The largest absolute Gasteiger partial charge is 0.376 e. The summed E-state index contributed by atoms with van der Waals surface area (Å²) in [6.07, 6.45) is 3.59. The molecule has 1 aromatic rings. The molecule has 0 aliphatic heterocycles. The van der Waals surface area contributed by atoms with Crippen LogP contribution < -0.4 is 5.73 Å². The molecule has 0 heterocycles. The van der Waals surface area contributed by atoms with Crippen LogP contribution in [0.25, 0.3) is 0 Å². The van der Waals surface area contributed by atoms with Gasteiger partial charge in [-0.1, -0.05) is 29.8 Å². The summed E-state index contributed by atoms with van der Waals surface area (Å²) in [7, 11) is 0. The Morgan fingerprint density at radius 2 is 2.06 bits per heavy atom. The van der Waals surface area contributed by atoms with Gasteiger partial charge in [0.15, 0.2) is 0 Å². The number of halogens is 1. The second-order valence-corrected chi connectivity index (χ2v) is 5.03. The van der Waals surface area contributed by atoms with E-state index in [1.807, 2.05) is 24.3 Å². The summed E-state index contributed by atoms with van der Waals surface area (Å²) in [5, 5.41) is 0.783. The first kappa shape index (κ1) is 11.9. The van der Waals surface area contributed by atoms with Crippen molar-refractivity contribution in [2.45, 2.75) is 25.9 Å². The minimum Gasteiger partial charge on any atom is -0.376 e. The summed E-state index contributed by atoms with van der Waals surface area (Å²) in [5.74, 6) is 0. The van der Waals surface area contributed by atoms with Crippen LogP contribution in [0.1, 0.15) is 24.8 Å². The molecule has 1 aromatic carbocycles. The van der Waals surface area contributed by atoms with Gasteiger partial charge in [-0.15, -0.1) is 0 Å². The highest BCUT2D eigenvalue weighted by atomic mass is 35.5. The average molecular weight is 240 g/mol. The van der Waals surface area contributed by atoms with Gasteiger partial charge in [0, 0.05) is 5.02 Å². The van der Waals surface area contributed by atoms with E-state index in [4.69, 9.17) is 22.1 Å². The molecule has 0 bridgehead atoms. The molecule has 0 atom stereocenters. The molecule has 0 aromatic heterocycles. The Hall–Kier alpha value is -0.570. The van der Waals surface area contributed by atoms with Gasteiger partial charge in [0.1, 0.15) is 0 Å². The number of hydrogen-bond acceptors (Lipinski definition) is 2. The maximum absolute atomic E-state index is 6.05. The predicted octanol–water partition coefficient (Wildman–Crippen LogP) is 2.99. The first-order valence-corrected chi connectivity index (χ1v) is 6.15. The topological polar surface area (TPSA) is 35.2 Å². The second-order valence-electron chi connectivity index (χ2n) is 4.62. The number of benzene rings is 1. The SMILES string of the molecule is NCCC1(COCc2ccccc2Cl)CC1. The monoisotopic (exact) mass is 239 g/mol. The summed E-state index contributed by atoms with van der Waals surface area (Å²) in [5.41, 5.74) is 7.03. The lowest BCUT2D eigenvalue weighted by Crippen LogP contribution is -2.15. The molecule has 0 spiro atoms. The number of hydrogen-bond donors (Lipinski definition) is 1. The molecule has 1 aliphatic carbocycles. The van der Waals surface area contributed by atoms with Gasteiger partial charge in [-0.2, -0.15) is 0 Å². The molecule has 2 nitrogen and oxygen atoms in total. The lowest BCUT2D eigenvalue weighted by atomic mass is 10.0. The average Bonchev–Trinajstić information content (AvgIpc) is 3.02. The van der Waals surface area contributed by atoms with Crippen molar-refractivity contribution in [3.8, 4) is 0 Å². The van der Waals surface area contributed by atoms with E-state index in [0.717, 1.165) is 30.2 Å². The Morgan fingerprint density at radius 1 is 1.31 bits per heavy atom. The molecule has 1 aliphatic rings. The third-order valence-electron chi connectivity index (χ3n) is 3.26. The first-order valence-electron chi connectivity index (χ1n) is 5.77. The van der Waals surface area contributed by atoms with Gasteiger partial charge in [0.25, 0.3) is 0 Å². The Balaban J connectivity index is 1.78. The second kappa shape index (κ2) is 5.17. The summed E-state index contributed by atoms with van der Waals surface area (Å²) in [6, 6.07) is 7.82. The van der Waals surface area contributed by atoms with Gasteiger partial charge >= 0.3 is 0 Å². The van der Waals surface area contributed by atoms with Crippen molar-refractivity contribution < 1.29 is 4.74 Å². The van der Waals surface area contributed by atoms with Crippen molar-refractivity contribution in [3.05, 3.63) is 34.9 Å². The van der Waals surface area contributed by atoms with Crippen LogP contribution >= 0.6 is 11.6 Å². The van der Waals surface area contributed by atoms with E-state index in [9.17, 15) is 0 Å². The van der Waals surface area contributed by atoms with Gasteiger partial charge < -0.3 is 10.5 Å². The quantitative estimate of drug-likeness (QED) is 0.829. The molecule has 1 fully saturated rings.